The van der Waals surface area contributed by atoms with Crippen molar-refractivity contribution >= 4 is 34.2 Å². The maximum Gasteiger partial charge on any atom is 0.226 e. The van der Waals surface area contributed by atoms with Crippen molar-refractivity contribution in [2.75, 3.05) is 26.2 Å². The molecule has 0 bridgehead atoms. The molecule has 0 aliphatic carbocycles. The van der Waals surface area contributed by atoms with Crippen molar-refractivity contribution in [3.63, 3.8) is 0 Å². The number of amides is 1. The Morgan fingerprint density at radius 3 is 2.95 bits per heavy atom. The lowest BCUT2D eigenvalue weighted by molar-refractivity contribution is -0.133. The molecule has 2 rings (SSSR count). The second-order valence-electron chi connectivity index (χ2n) is 5.29. The molecule has 1 fully saturated rings. The SMILES string of the molecule is CCCN(C(=O)CCOc1cccc(Br)c1)C1CCNC1.Cl. The van der Waals surface area contributed by atoms with Gasteiger partial charge in [-0.15, -0.1) is 12.4 Å². The van der Waals surface area contributed by atoms with E-state index in [0.717, 1.165) is 42.7 Å². The molecule has 22 heavy (non-hydrogen) atoms. The van der Waals surface area contributed by atoms with E-state index in [-0.39, 0.29) is 18.3 Å². The summed E-state index contributed by atoms with van der Waals surface area (Å²) in [5.74, 6) is 0.988. The van der Waals surface area contributed by atoms with E-state index in [1.807, 2.05) is 29.2 Å². The maximum absolute atomic E-state index is 12.4. The van der Waals surface area contributed by atoms with Gasteiger partial charge in [-0.25, -0.2) is 0 Å². The van der Waals surface area contributed by atoms with E-state index in [1.54, 1.807) is 0 Å². The van der Waals surface area contributed by atoms with E-state index in [2.05, 4.69) is 28.2 Å². The van der Waals surface area contributed by atoms with Gasteiger partial charge < -0.3 is 15.0 Å². The molecule has 0 saturated carbocycles. The van der Waals surface area contributed by atoms with Crippen LogP contribution in [0.5, 0.6) is 5.75 Å². The molecule has 1 N–H and O–H groups in total. The van der Waals surface area contributed by atoms with Gasteiger partial charge in [-0.3, -0.25) is 4.79 Å². The average molecular weight is 392 g/mol. The van der Waals surface area contributed by atoms with Gasteiger partial charge in [-0.05, 0) is 37.6 Å². The zero-order valence-electron chi connectivity index (χ0n) is 12.9. The summed E-state index contributed by atoms with van der Waals surface area (Å²) >= 11 is 3.41. The Morgan fingerprint density at radius 1 is 1.50 bits per heavy atom. The number of benzene rings is 1. The lowest BCUT2D eigenvalue weighted by atomic mass is 10.2. The molecule has 1 aromatic carbocycles. The molecule has 1 saturated heterocycles. The third-order valence-electron chi connectivity index (χ3n) is 3.64. The fraction of sp³-hybridized carbons (Fsp3) is 0.562. The number of hydrogen-bond donors (Lipinski definition) is 1. The molecule has 0 radical (unpaired) electrons. The Kier molecular flexibility index (Phi) is 8.83. The van der Waals surface area contributed by atoms with Crippen LogP contribution in [0.1, 0.15) is 26.2 Å². The monoisotopic (exact) mass is 390 g/mol. The van der Waals surface area contributed by atoms with Gasteiger partial charge in [0.25, 0.3) is 0 Å². The Balaban J connectivity index is 0.00000242. The fourth-order valence-electron chi connectivity index (χ4n) is 2.61. The first kappa shape index (κ1) is 19.3. The molecule has 0 spiro atoms. The molecule has 1 aliphatic rings. The highest BCUT2D eigenvalue weighted by atomic mass is 79.9. The third kappa shape index (κ3) is 5.78. The number of carbonyl (C=O) groups excluding carboxylic acids is 1. The maximum atomic E-state index is 12.4. The first-order valence-electron chi connectivity index (χ1n) is 7.59. The first-order chi connectivity index (χ1) is 10.2. The van der Waals surface area contributed by atoms with Gasteiger partial charge in [0.2, 0.25) is 5.91 Å². The van der Waals surface area contributed by atoms with Gasteiger partial charge in [-0.1, -0.05) is 28.9 Å². The van der Waals surface area contributed by atoms with Crippen LogP contribution in [0.2, 0.25) is 0 Å². The highest BCUT2D eigenvalue weighted by Crippen LogP contribution is 2.18. The molecule has 4 nitrogen and oxygen atoms in total. The highest BCUT2D eigenvalue weighted by molar-refractivity contribution is 9.10. The zero-order chi connectivity index (χ0) is 15.1. The third-order valence-corrected chi connectivity index (χ3v) is 4.13. The van der Waals surface area contributed by atoms with Gasteiger partial charge in [0.15, 0.2) is 0 Å². The number of halogens is 2. The van der Waals surface area contributed by atoms with Crippen molar-refractivity contribution in [3.8, 4) is 5.75 Å². The highest BCUT2D eigenvalue weighted by Gasteiger charge is 2.25. The molecule has 1 heterocycles. The Bertz CT molecular complexity index is 467. The second kappa shape index (κ2) is 10.1. The number of carbonyl (C=O) groups is 1. The van der Waals surface area contributed by atoms with E-state index in [9.17, 15) is 4.79 Å². The van der Waals surface area contributed by atoms with Crippen LogP contribution in [-0.4, -0.2) is 43.1 Å². The van der Waals surface area contributed by atoms with Crippen molar-refractivity contribution < 1.29 is 9.53 Å². The zero-order valence-corrected chi connectivity index (χ0v) is 15.3. The molecule has 6 heteroatoms. The molecule has 1 atom stereocenters. The molecule has 1 unspecified atom stereocenters. The van der Waals surface area contributed by atoms with Crippen LogP contribution in [0.25, 0.3) is 0 Å². The minimum Gasteiger partial charge on any atom is -0.493 e. The smallest absolute Gasteiger partial charge is 0.226 e. The van der Waals surface area contributed by atoms with Gasteiger partial charge in [0, 0.05) is 23.6 Å². The largest absolute Gasteiger partial charge is 0.493 e. The van der Waals surface area contributed by atoms with Crippen LogP contribution in [0.15, 0.2) is 28.7 Å². The summed E-state index contributed by atoms with van der Waals surface area (Å²) < 4.78 is 6.64. The summed E-state index contributed by atoms with van der Waals surface area (Å²) in [6.07, 6.45) is 2.48. The van der Waals surface area contributed by atoms with E-state index in [0.29, 0.717) is 19.1 Å². The average Bonchev–Trinajstić information content (AvgIpc) is 2.98. The van der Waals surface area contributed by atoms with Gasteiger partial charge >= 0.3 is 0 Å². The lowest BCUT2D eigenvalue weighted by Crippen LogP contribution is -2.42. The first-order valence-corrected chi connectivity index (χ1v) is 8.38. The standard InChI is InChI=1S/C16H23BrN2O2.ClH/c1-2-9-19(14-6-8-18-12-14)16(20)7-10-21-15-5-3-4-13(17)11-15;/h3-5,11,14,18H,2,6-10,12H2,1H3;1H. The Labute approximate surface area is 147 Å². The molecule has 0 aromatic heterocycles. The number of ether oxygens (including phenoxy) is 1. The lowest BCUT2D eigenvalue weighted by Gasteiger charge is -2.28. The van der Waals surface area contributed by atoms with Crippen LogP contribution >= 0.6 is 28.3 Å². The second-order valence-corrected chi connectivity index (χ2v) is 6.21. The van der Waals surface area contributed by atoms with Crippen molar-refractivity contribution in [2.24, 2.45) is 0 Å². The van der Waals surface area contributed by atoms with Crippen LogP contribution in [0.3, 0.4) is 0 Å². The van der Waals surface area contributed by atoms with E-state index < -0.39 is 0 Å². The van der Waals surface area contributed by atoms with E-state index >= 15 is 0 Å². The number of nitrogens with zero attached hydrogens (tertiary/aromatic N) is 1. The summed E-state index contributed by atoms with van der Waals surface area (Å²) in [5, 5.41) is 3.32. The summed E-state index contributed by atoms with van der Waals surface area (Å²) in [4.78, 5) is 14.4. The molecule has 124 valence electrons. The summed E-state index contributed by atoms with van der Waals surface area (Å²) in [5.41, 5.74) is 0. The van der Waals surface area contributed by atoms with Crippen molar-refractivity contribution in [3.05, 3.63) is 28.7 Å². The van der Waals surface area contributed by atoms with E-state index in [1.165, 1.54) is 0 Å². The molecule has 1 amide bonds. The van der Waals surface area contributed by atoms with Crippen molar-refractivity contribution in [1.29, 1.82) is 0 Å². The Morgan fingerprint density at radius 2 is 2.32 bits per heavy atom. The van der Waals surface area contributed by atoms with Crippen LogP contribution in [0, 0.1) is 0 Å². The molecular weight excluding hydrogens is 368 g/mol. The number of hydrogen-bond acceptors (Lipinski definition) is 3. The number of nitrogens with one attached hydrogen (secondary N) is 1. The quantitative estimate of drug-likeness (QED) is 0.776. The minimum absolute atomic E-state index is 0. The summed E-state index contributed by atoms with van der Waals surface area (Å²) in [6.45, 7) is 5.29. The fourth-order valence-corrected chi connectivity index (χ4v) is 2.99. The Hall–Kier alpha value is -0.780. The summed E-state index contributed by atoms with van der Waals surface area (Å²) in [6, 6.07) is 8.04. The van der Waals surface area contributed by atoms with Gasteiger partial charge in [-0.2, -0.15) is 0 Å². The predicted molar refractivity (Wildman–Crippen MR) is 94.8 cm³/mol. The topological polar surface area (TPSA) is 41.6 Å². The van der Waals surface area contributed by atoms with E-state index in [4.69, 9.17) is 4.74 Å². The molecule has 1 aromatic rings. The van der Waals surface area contributed by atoms with Crippen molar-refractivity contribution in [2.45, 2.75) is 32.2 Å². The van der Waals surface area contributed by atoms with Crippen molar-refractivity contribution in [1.82, 2.24) is 10.2 Å². The summed E-state index contributed by atoms with van der Waals surface area (Å²) in [7, 11) is 0. The normalized spacial score (nSPS) is 16.9. The van der Waals surface area contributed by atoms with Gasteiger partial charge in [0.05, 0.1) is 13.0 Å². The molecule has 1 aliphatic heterocycles. The molecular formula is C16H24BrClN2O2. The van der Waals surface area contributed by atoms with Crippen LogP contribution in [-0.2, 0) is 4.79 Å². The van der Waals surface area contributed by atoms with Crippen LogP contribution < -0.4 is 10.1 Å². The minimum atomic E-state index is 0. The number of rotatable bonds is 7. The van der Waals surface area contributed by atoms with Crippen LogP contribution in [0.4, 0.5) is 0 Å². The predicted octanol–water partition coefficient (Wildman–Crippen LogP) is 3.24. The van der Waals surface area contributed by atoms with Gasteiger partial charge in [0.1, 0.15) is 5.75 Å².